The van der Waals surface area contributed by atoms with Crippen molar-refractivity contribution in [2.45, 2.75) is 31.1 Å². The molecule has 3 rings (SSSR count). The van der Waals surface area contributed by atoms with Crippen molar-refractivity contribution in [3.05, 3.63) is 41.7 Å². The summed E-state index contributed by atoms with van der Waals surface area (Å²) in [6.45, 7) is 5.70. The normalized spacial score (nSPS) is 20.0. The van der Waals surface area contributed by atoms with Crippen molar-refractivity contribution in [1.29, 1.82) is 0 Å². The Morgan fingerprint density at radius 1 is 1.27 bits per heavy atom. The van der Waals surface area contributed by atoms with Gasteiger partial charge >= 0.3 is 0 Å². The predicted molar refractivity (Wildman–Crippen MR) is 105 cm³/mol. The van der Waals surface area contributed by atoms with Crippen LogP contribution in [0.4, 0.5) is 11.5 Å². The number of ether oxygens (including phenoxy) is 1. The lowest BCUT2D eigenvalue weighted by atomic mass is 10.2. The molecule has 1 aliphatic rings. The summed E-state index contributed by atoms with van der Waals surface area (Å²) in [7, 11) is 0. The zero-order valence-corrected chi connectivity index (χ0v) is 16.3. The number of nitrogens with one attached hydrogen (secondary N) is 1. The van der Waals surface area contributed by atoms with Crippen LogP contribution in [0.2, 0.25) is 5.02 Å². The van der Waals surface area contributed by atoms with Gasteiger partial charge in [-0.1, -0.05) is 23.4 Å². The van der Waals surface area contributed by atoms with Gasteiger partial charge in [0.1, 0.15) is 17.2 Å². The molecule has 1 aromatic carbocycles. The van der Waals surface area contributed by atoms with E-state index in [-0.39, 0.29) is 23.9 Å². The Kier molecular flexibility index (Phi) is 6.34. The first-order valence-corrected chi connectivity index (χ1v) is 9.76. The van der Waals surface area contributed by atoms with E-state index in [1.165, 1.54) is 11.8 Å². The number of carbonyl (C=O) groups is 1. The number of amides is 1. The fourth-order valence-electron chi connectivity index (χ4n) is 2.82. The number of hydrogen-bond donors (Lipinski definition) is 1. The standard InChI is InChI=1S/C18H21ClN4O2S/c1-12-8-23(9-13(2)25-12)16-7-18(21-11-20-16)26-10-17(24)22-15-5-3-14(19)4-6-15/h3-7,11-13H,8-10H2,1-2H3,(H,22,24). The van der Waals surface area contributed by atoms with Crippen LogP contribution in [0.3, 0.4) is 0 Å². The molecule has 2 atom stereocenters. The Labute approximate surface area is 162 Å². The molecule has 1 amide bonds. The van der Waals surface area contributed by atoms with Crippen LogP contribution in [0.15, 0.2) is 41.7 Å². The van der Waals surface area contributed by atoms with Crippen molar-refractivity contribution in [1.82, 2.24) is 9.97 Å². The molecular formula is C18H21ClN4O2S. The minimum atomic E-state index is -0.0916. The Balaban J connectivity index is 1.56. The molecule has 2 heterocycles. The maximum atomic E-state index is 12.1. The molecule has 26 heavy (non-hydrogen) atoms. The Bertz CT molecular complexity index is 749. The minimum Gasteiger partial charge on any atom is -0.372 e. The molecule has 0 spiro atoms. The maximum absolute atomic E-state index is 12.1. The number of benzene rings is 1. The average Bonchev–Trinajstić information content (AvgIpc) is 2.61. The van der Waals surface area contributed by atoms with Crippen molar-refractivity contribution >= 4 is 40.8 Å². The van der Waals surface area contributed by atoms with Crippen LogP contribution in [0.25, 0.3) is 0 Å². The summed E-state index contributed by atoms with van der Waals surface area (Å²) in [5.41, 5.74) is 0.722. The molecule has 1 aliphatic heterocycles. The van der Waals surface area contributed by atoms with Crippen LogP contribution in [-0.4, -0.2) is 46.9 Å². The zero-order chi connectivity index (χ0) is 18.5. The summed E-state index contributed by atoms with van der Waals surface area (Å²) in [5.74, 6) is 1.04. The van der Waals surface area contributed by atoms with Crippen LogP contribution in [0.1, 0.15) is 13.8 Å². The van der Waals surface area contributed by atoms with E-state index in [1.54, 1.807) is 30.6 Å². The van der Waals surface area contributed by atoms with Gasteiger partial charge in [0.25, 0.3) is 0 Å². The highest BCUT2D eigenvalue weighted by atomic mass is 35.5. The molecule has 0 bridgehead atoms. The summed E-state index contributed by atoms with van der Waals surface area (Å²) >= 11 is 7.23. The van der Waals surface area contributed by atoms with Crippen LogP contribution >= 0.6 is 23.4 Å². The molecule has 0 saturated carbocycles. The largest absolute Gasteiger partial charge is 0.372 e. The van der Waals surface area contributed by atoms with Crippen molar-refractivity contribution in [3.8, 4) is 0 Å². The van der Waals surface area contributed by atoms with Gasteiger partial charge in [0.05, 0.1) is 18.0 Å². The SMILES string of the molecule is CC1CN(c2cc(SCC(=O)Nc3ccc(Cl)cc3)ncn2)CC(C)O1. The van der Waals surface area contributed by atoms with Gasteiger partial charge in [-0.2, -0.15) is 0 Å². The third-order valence-corrected chi connectivity index (χ3v) is 5.03. The van der Waals surface area contributed by atoms with Gasteiger partial charge in [-0.15, -0.1) is 0 Å². The first-order chi connectivity index (χ1) is 12.5. The predicted octanol–water partition coefficient (Wildman–Crippen LogP) is 3.47. The van der Waals surface area contributed by atoms with E-state index in [9.17, 15) is 4.79 Å². The molecule has 8 heteroatoms. The monoisotopic (exact) mass is 392 g/mol. The number of halogens is 1. The van der Waals surface area contributed by atoms with Crippen LogP contribution < -0.4 is 10.2 Å². The second-order valence-corrected chi connectivity index (χ2v) is 7.65. The van der Waals surface area contributed by atoms with Gasteiger partial charge < -0.3 is 15.0 Å². The fourth-order valence-corrected chi connectivity index (χ4v) is 3.60. The molecule has 1 fully saturated rings. The Morgan fingerprint density at radius 2 is 1.96 bits per heavy atom. The van der Waals surface area contributed by atoms with Crippen LogP contribution in [-0.2, 0) is 9.53 Å². The van der Waals surface area contributed by atoms with E-state index < -0.39 is 0 Å². The lowest BCUT2D eigenvalue weighted by Crippen LogP contribution is -2.45. The number of nitrogens with zero attached hydrogens (tertiary/aromatic N) is 3. The molecule has 2 unspecified atom stereocenters. The Morgan fingerprint density at radius 3 is 2.65 bits per heavy atom. The highest BCUT2D eigenvalue weighted by Gasteiger charge is 2.23. The topological polar surface area (TPSA) is 67.4 Å². The summed E-state index contributed by atoms with van der Waals surface area (Å²) in [4.78, 5) is 22.9. The van der Waals surface area contributed by atoms with Gasteiger partial charge in [-0.05, 0) is 38.1 Å². The molecule has 6 nitrogen and oxygen atoms in total. The second-order valence-electron chi connectivity index (χ2n) is 6.22. The number of thioether (sulfide) groups is 1. The smallest absolute Gasteiger partial charge is 0.234 e. The van der Waals surface area contributed by atoms with Gasteiger partial charge in [-0.25, -0.2) is 9.97 Å². The molecule has 2 aromatic rings. The maximum Gasteiger partial charge on any atom is 0.234 e. The van der Waals surface area contributed by atoms with Crippen LogP contribution in [0, 0.1) is 0 Å². The van der Waals surface area contributed by atoms with Crippen molar-refractivity contribution in [2.75, 3.05) is 29.1 Å². The lowest BCUT2D eigenvalue weighted by Gasteiger charge is -2.36. The first kappa shape index (κ1) is 18.9. The van der Waals surface area contributed by atoms with E-state index >= 15 is 0 Å². The quantitative estimate of drug-likeness (QED) is 0.620. The fraction of sp³-hybridized carbons (Fsp3) is 0.389. The summed E-state index contributed by atoms with van der Waals surface area (Å²) in [5, 5.41) is 4.25. The van der Waals surface area contributed by atoms with Gasteiger partial charge in [0, 0.05) is 29.9 Å². The van der Waals surface area contributed by atoms with E-state index in [4.69, 9.17) is 16.3 Å². The number of anilines is 2. The molecule has 0 radical (unpaired) electrons. The molecular weight excluding hydrogens is 372 g/mol. The lowest BCUT2D eigenvalue weighted by molar-refractivity contribution is -0.113. The summed E-state index contributed by atoms with van der Waals surface area (Å²) in [6, 6.07) is 8.95. The van der Waals surface area contributed by atoms with E-state index in [0.717, 1.165) is 29.6 Å². The van der Waals surface area contributed by atoms with Crippen LogP contribution in [0.5, 0.6) is 0 Å². The van der Waals surface area contributed by atoms with Gasteiger partial charge in [0.15, 0.2) is 0 Å². The number of hydrogen-bond acceptors (Lipinski definition) is 6. The highest BCUT2D eigenvalue weighted by Crippen LogP contribution is 2.23. The van der Waals surface area contributed by atoms with E-state index in [0.29, 0.717) is 5.02 Å². The number of aromatic nitrogens is 2. The molecule has 1 N–H and O–H groups in total. The van der Waals surface area contributed by atoms with E-state index in [1.807, 2.05) is 6.07 Å². The molecule has 1 aromatic heterocycles. The summed E-state index contributed by atoms with van der Waals surface area (Å²) < 4.78 is 5.76. The third kappa shape index (κ3) is 5.33. The Hall–Kier alpha value is -1.83. The van der Waals surface area contributed by atoms with Crippen molar-refractivity contribution in [2.24, 2.45) is 0 Å². The van der Waals surface area contributed by atoms with Gasteiger partial charge in [0.2, 0.25) is 5.91 Å². The summed E-state index contributed by atoms with van der Waals surface area (Å²) in [6.07, 6.45) is 1.87. The number of rotatable bonds is 5. The average molecular weight is 393 g/mol. The minimum absolute atomic E-state index is 0.0916. The molecule has 138 valence electrons. The number of carbonyl (C=O) groups excluding carboxylic acids is 1. The highest BCUT2D eigenvalue weighted by molar-refractivity contribution is 7.99. The number of morpholine rings is 1. The van der Waals surface area contributed by atoms with E-state index in [2.05, 4.69) is 34.0 Å². The van der Waals surface area contributed by atoms with Crippen molar-refractivity contribution in [3.63, 3.8) is 0 Å². The zero-order valence-electron chi connectivity index (χ0n) is 14.7. The molecule has 0 aliphatic carbocycles. The first-order valence-electron chi connectivity index (χ1n) is 8.40. The third-order valence-electron chi connectivity index (χ3n) is 3.85. The molecule has 1 saturated heterocycles. The van der Waals surface area contributed by atoms with Crippen molar-refractivity contribution < 1.29 is 9.53 Å². The second kappa shape index (κ2) is 8.70. The van der Waals surface area contributed by atoms with Gasteiger partial charge in [-0.3, -0.25) is 4.79 Å².